The van der Waals surface area contributed by atoms with Crippen LogP contribution in [0.1, 0.15) is 13.8 Å². The van der Waals surface area contributed by atoms with Crippen LogP contribution in [0.2, 0.25) is 0 Å². The lowest BCUT2D eigenvalue weighted by Crippen LogP contribution is -2.41. The molecule has 2 aliphatic rings. The number of carbonyl (C=O) groups excluding carboxylic acids is 1. The first kappa shape index (κ1) is 13.6. The van der Waals surface area contributed by atoms with E-state index < -0.39 is 0 Å². The van der Waals surface area contributed by atoms with Crippen molar-refractivity contribution in [1.29, 1.82) is 0 Å². The Labute approximate surface area is 110 Å². The van der Waals surface area contributed by atoms with Crippen LogP contribution in [0.4, 0.5) is 0 Å². The van der Waals surface area contributed by atoms with Crippen molar-refractivity contribution in [2.75, 3.05) is 45.8 Å². The van der Waals surface area contributed by atoms with Crippen molar-refractivity contribution in [3.8, 4) is 0 Å². The molecule has 0 unspecified atom stereocenters. The number of rotatable bonds is 5. The normalized spacial score (nSPS) is 27.2. The Bertz CT molecular complexity index is 317. The van der Waals surface area contributed by atoms with Gasteiger partial charge in [-0.1, -0.05) is 12.2 Å². The van der Waals surface area contributed by atoms with Crippen molar-refractivity contribution in [2.45, 2.75) is 13.8 Å². The molecular weight excluding hydrogens is 226 g/mol. The van der Waals surface area contributed by atoms with E-state index in [4.69, 9.17) is 0 Å². The minimum atomic E-state index is 0.244. The largest absolute Gasteiger partial charge is 0.338 e. The summed E-state index contributed by atoms with van der Waals surface area (Å²) in [5.41, 5.74) is 1.05. The lowest BCUT2D eigenvalue weighted by atomic mass is 10.0. The molecule has 4 heteroatoms. The Hall–Kier alpha value is -0.870. The summed E-state index contributed by atoms with van der Waals surface area (Å²) in [6.07, 6.45) is 0. The summed E-state index contributed by atoms with van der Waals surface area (Å²) < 4.78 is 0. The molecular formula is C14H25N3O. The molecule has 1 amide bonds. The van der Waals surface area contributed by atoms with Crippen LogP contribution in [0.3, 0.4) is 0 Å². The van der Waals surface area contributed by atoms with Crippen LogP contribution < -0.4 is 5.32 Å². The maximum atomic E-state index is 12.2. The first-order valence-corrected chi connectivity index (χ1v) is 6.95. The third-order valence-corrected chi connectivity index (χ3v) is 4.02. The second-order valence-corrected chi connectivity index (χ2v) is 5.74. The first-order valence-electron chi connectivity index (χ1n) is 6.95. The molecule has 0 bridgehead atoms. The van der Waals surface area contributed by atoms with Crippen LogP contribution in [-0.2, 0) is 4.79 Å². The smallest absolute Gasteiger partial charge is 0.237 e. The molecule has 1 N–H and O–H groups in total. The summed E-state index contributed by atoms with van der Waals surface area (Å²) in [7, 11) is 0. The highest BCUT2D eigenvalue weighted by atomic mass is 16.2. The van der Waals surface area contributed by atoms with E-state index in [1.165, 1.54) is 0 Å². The molecule has 0 aromatic heterocycles. The minimum absolute atomic E-state index is 0.244. The number of hydrogen-bond donors (Lipinski definition) is 1. The molecule has 2 rings (SSSR count). The molecule has 2 atom stereocenters. The molecule has 2 saturated heterocycles. The van der Waals surface area contributed by atoms with Crippen LogP contribution in [-0.4, -0.2) is 61.5 Å². The van der Waals surface area contributed by atoms with Gasteiger partial charge in [0.15, 0.2) is 0 Å². The Morgan fingerprint density at radius 3 is 2.50 bits per heavy atom. The van der Waals surface area contributed by atoms with E-state index in [1.54, 1.807) is 0 Å². The predicted octanol–water partition coefficient (Wildman–Crippen LogP) is 0.562. The molecule has 0 saturated carbocycles. The van der Waals surface area contributed by atoms with Crippen LogP contribution in [0.5, 0.6) is 0 Å². The van der Waals surface area contributed by atoms with Gasteiger partial charge in [-0.05, 0) is 38.8 Å². The summed E-state index contributed by atoms with van der Waals surface area (Å²) >= 11 is 0. The fourth-order valence-corrected chi connectivity index (χ4v) is 3.08. The van der Waals surface area contributed by atoms with Gasteiger partial charge >= 0.3 is 0 Å². The monoisotopic (exact) mass is 251 g/mol. The van der Waals surface area contributed by atoms with Gasteiger partial charge in [-0.3, -0.25) is 9.69 Å². The summed E-state index contributed by atoms with van der Waals surface area (Å²) in [5, 5.41) is 3.42. The van der Waals surface area contributed by atoms with Gasteiger partial charge in [0.25, 0.3) is 0 Å². The Balaban J connectivity index is 1.82. The van der Waals surface area contributed by atoms with Gasteiger partial charge in [-0.25, -0.2) is 0 Å². The molecule has 2 heterocycles. The van der Waals surface area contributed by atoms with Gasteiger partial charge in [-0.2, -0.15) is 0 Å². The third kappa shape index (κ3) is 3.12. The maximum Gasteiger partial charge on any atom is 0.237 e. The second-order valence-electron chi connectivity index (χ2n) is 5.74. The van der Waals surface area contributed by atoms with Crippen LogP contribution in [0, 0.1) is 11.8 Å². The summed E-state index contributed by atoms with van der Waals surface area (Å²) in [6, 6.07) is 0. The highest BCUT2D eigenvalue weighted by molar-refractivity contribution is 5.78. The number of carbonyl (C=O) groups is 1. The molecule has 0 aromatic rings. The number of likely N-dealkylation sites (tertiary alicyclic amines) is 1. The highest BCUT2D eigenvalue weighted by Crippen LogP contribution is 2.25. The van der Waals surface area contributed by atoms with Gasteiger partial charge in [0.1, 0.15) is 0 Å². The van der Waals surface area contributed by atoms with E-state index in [1.807, 2.05) is 18.7 Å². The number of likely N-dealkylation sites (N-methyl/N-ethyl adjacent to an activating group) is 1. The lowest BCUT2D eigenvalue weighted by molar-refractivity contribution is -0.131. The molecule has 0 aromatic carbocycles. The van der Waals surface area contributed by atoms with Crippen molar-refractivity contribution in [3.63, 3.8) is 0 Å². The summed E-state index contributed by atoms with van der Waals surface area (Å²) in [5.74, 6) is 1.76. The Kier molecular flexibility index (Phi) is 4.40. The number of hydrogen-bond acceptors (Lipinski definition) is 3. The van der Waals surface area contributed by atoms with Crippen LogP contribution >= 0.6 is 0 Å². The third-order valence-electron chi connectivity index (χ3n) is 4.02. The van der Waals surface area contributed by atoms with Crippen LogP contribution in [0.25, 0.3) is 0 Å². The molecule has 2 aliphatic heterocycles. The predicted molar refractivity (Wildman–Crippen MR) is 73.4 cm³/mol. The zero-order valence-corrected chi connectivity index (χ0v) is 11.6. The number of amides is 1. The van der Waals surface area contributed by atoms with Gasteiger partial charge in [0.2, 0.25) is 5.91 Å². The lowest BCUT2D eigenvalue weighted by Gasteiger charge is -2.24. The molecule has 18 heavy (non-hydrogen) atoms. The van der Waals surface area contributed by atoms with E-state index in [9.17, 15) is 4.79 Å². The molecule has 0 spiro atoms. The van der Waals surface area contributed by atoms with E-state index in [2.05, 4.69) is 16.8 Å². The fourth-order valence-electron chi connectivity index (χ4n) is 3.08. The SMILES string of the molecule is C=C(C)CN(CC)C(=O)CN1C[C@H]2CNC[C@H]2C1. The Morgan fingerprint density at radius 1 is 1.39 bits per heavy atom. The summed E-state index contributed by atoms with van der Waals surface area (Å²) in [6.45, 7) is 14.3. The van der Waals surface area contributed by atoms with Gasteiger partial charge in [0, 0.05) is 26.2 Å². The minimum Gasteiger partial charge on any atom is -0.338 e. The molecule has 2 fully saturated rings. The van der Waals surface area contributed by atoms with Gasteiger partial charge in [-0.15, -0.1) is 0 Å². The standard InChI is InChI=1S/C14H25N3O/c1-4-17(7-11(2)3)14(18)10-16-8-12-5-15-6-13(12)9-16/h12-13,15H,2,4-10H2,1,3H3/t12-,13+. The second kappa shape index (κ2) is 5.85. The number of nitrogens with zero attached hydrogens (tertiary/aromatic N) is 2. The van der Waals surface area contributed by atoms with Crippen molar-refractivity contribution < 1.29 is 4.79 Å². The first-order chi connectivity index (χ1) is 8.60. The van der Waals surface area contributed by atoms with Crippen molar-refractivity contribution in [1.82, 2.24) is 15.1 Å². The van der Waals surface area contributed by atoms with Gasteiger partial charge < -0.3 is 10.2 Å². The summed E-state index contributed by atoms with van der Waals surface area (Å²) in [4.78, 5) is 16.4. The van der Waals surface area contributed by atoms with Crippen LogP contribution in [0.15, 0.2) is 12.2 Å². The van der Waals surface area contributed by atoms with Crippen molar-refractivity contribution in [2.24, 2.45) is 11.8 Å². The quantitative estimate of drug-likeness (QED) is 0.725. The van der Waals surface area contributed by atoms with Crippen molar-refractivity contribution >= 4 is 5.91 Å². The Morgan fingerprint density at radius 2 is 2.00 bits per heavy atom. The fraction of sp³-hybridized carbons (Fsp3) is 0.786. The zero-order valence-electron chi connectivity index (χ0n) is 11.6. The maximum absolute atomic E-state index is 12.2. The molecule has 4 nitrogen and oxygen atoms in total. The van der Waals surface area contributed by atoms with E-state index in [-0.39, 0.29) is 5.91 Å². The molecule has 0 radical (unpaired) electrons. The van der Waals surface area contributed by atoms with E-state index >= 15 is 0 Å². The number of nitrogens with one attached hydrogen (secondary N) is 1. The topological polar surface area (TPSA) is 35.6 Å². The van der Waals surface area contributed by atoms with Gasteiger partial charge in [0.05, 0.1) is 6.54 Å². The average Bonchev–Trinajstić information content (AvgIpc) is 2.85. The highest BCUT2D eigenvalue weighted by Gasteiger charge is 2.36. The number of fused-ring (bicyclic) bond motifs is 1. The zero-order chi connectivity index (χ0) is 13.1. The molecule has 0 aliphatic carbocycles. The average molecular weight is 251 g/mol. The van der Waals surface area contributed by atoms with Crippen molar-refractivity contribution in [3.05, 3.63) is 12.2 Å². The molecule has 102 valence electrons. The van der Waals surface area contributed by atoms with E-state index in [0.29, 0.717) is 13.1 Å². The van der Waals surface area contributed by atoms with E-state index in [0.717, 1.165) is 50.1 Å².